The van der Waals surface area contributed by atoms with E-state index in [4.69, 9.17) is 10.5 Å². The Morgan fingerprint density at radius 2 is 2.10 bits per heavy atom. The number of rotatable bonds is 1. The van der Waals surface area contributed by atoms with Gasteiger partial charge in [0.2, 0.25) is 0 Å². The smallest absolute Gasteiger partial charge is 0.154 e. The van der Waals surface area contributed by atoms with Crippen molar-refractivity contribution in [1.29, 1.82) is 10.5 Å². The maximum atomic E-state index is 10.6. The number of nitriles is 2. The van der Waals surface area contributed by atoms with Gasteiger partial charge in [-0.15, -0.1) is 0 Å². The van der Waals surface area contributed by atoms with Crippen molar-refractivity contribution in [2.24, 2.45) is 11.3 Å². The topological polar surface area (TPSA) is 64.7 Å². The van der Waals surface area contributed by atoms with Gasteiger partial charge in [0.15, 0.2) is 5.41 Å². The predicted molar refractivity (Wildman–Crippen MR) is 32.4 cm³/mol. The van der Waals surface area contributed by atoms with E-state index in [0.717, 1.165) is 0 Å². The van der Waals surface area contributed by atoms with Crippen molar-refractivity contribution < 1.29 is 4.79 Å². The Morgan fingerprint density at radius 3 is 2.20 bits per heavy atom. The van der Waals surface area contributed by atoms with Gasteiger partial charge in [0, 0.05) is 0 Å². The highest BCUT2D eigenvalue weighted by Crippen LogP contribution is 2.51. The van der Waals surface area contributed by atoms with E-state index in [9.17, 15) is 4.79 Å². The minimum absolute atomic E-state index is 0.0527. The molecule has 50 valence electrons. The number of nitrogens with zero attached hydrogens (tertiary/aromatic N) is 2. The summed E-state index contributed by atoms with van der Waals surface area (Å²) in [5.41, 5.74) is -0.966. The molecular weight excluding hydrogens is 128 g/mol. The van der Waals surface area contributed by atoms with Gasteiger partial charge in [-0.25, -0.2) is 0 Å². The molecule has 1 saturated carbocycles. The molecule has 1 atom stereocenters. The number of hydrogen-bond acceptors (Lipinski definition) is 3. The first-order chi connectivity index (χ1) is 4.66. The zero-order valence-electron chi connectivity index (χ0n) is 5.59. The Kier molecular flexibility index (Phi) is 1.23. The normalized spacial score (nSPS) is 26.1. The average molecular weight is 134 g/mol. The number of hydrogen-bond donors (Lipinski definition) is 0. The minimum Gasteiger partial charge on any atom is -0.300 e. The van der Waals surface area contributed by atoms with E-state index in [1.165, 1.54) is 6.92 Å². The largest absolute Gasteiger partial charge is 0.300 e. The molecule has 0 bridgehead atoms. The number of carbonyl (C=O) groups excluding carboxylic acids is 1. The third-order valence-corrected chi connectivity index (χ3v) is 1.85. The van der Waals surface area contributed by atoms with Crippen LogP contribution < -0.4 is 0 Å². The van der Waals surface area contributed by atoms with E-state index >= 15 is 0 Å². The van der Waals surface area contributed by atoms with Crippen LogP contribution in [0.2, 0.25) is 0 Å². The molecule has 1 rings (SSSR count). The molecule has 0 spiro atoms. The number of carbonyl (C=O) groups is 1. The summed E-state index contributed by atoms with van der Waals surface area (Å²) in [6.45, 7) is 1.42. The van der Waals surface area contributed by atoms with Crippen molar-refractivity contribution in [3.8, 4) is 12.1 Å². The highest BCUT2D eigenvalue weighted by Gasteiger charge is 2.58. The molecule has 0 aromatic carbocycles. The second kappa shape index (κ2) is 1.82. The summed E-state index contributed by atoms with van der Waals surface area (Å²) in [5, 5.41) is 16.9. The zero-order chi connectivity index (χ0) is 7.78. The Bertz CT molecular complexity index is 242. The van der Waals surface area contributed by atoms with Crippen molar-refractivity contribution in [2.45, 2.75) is 13.3 Å². The highest BCUT2D eigenvalue weighted by molar-refractivity contribution is 5.84. The fourth-order valence-corrected chi connectivity index (χ4v) is 1.03. The van der Waals surface area contributed by atoms with Crippen LogP contribution in [0.15, 0.2) is 0 Å². The first kappa shape index (κ1) is 6.77. The van der Waals surface area contributed by atoms with Crippen molar-refractivity contribution in [2.75, 3.05) is 0 Å². The van der Waals surface area contributed by atoms with Gasteiger partial charge in [-0.3, -0.25) is 4.79 Å². The van der Waals surface area contributed by atoms with Gasteiger partial charge in [-0.05, 0) is 13.3 Å². The van der Waals surface area contributed by atoms with Crippen LogP contribution >= 0.6 is 0 Å². The fraction of sp³-hybridized carbons (Fsp3) is 0.571. The van der Waals surface area contributed by atoms with Crippen molar-refractivity contribution >= 4 is 5.78 Å². The molecule has 3 nitrogen and oxygen atoms in total. The summed E-state index contributed by atoms with van der Waals surface area (Å²) in [4.78, 5) is 10.6. The molecular formula is C7H6N2O. The quantitative estimate of drug-likeness (QED) is 0.528. The Morgan fingerprint density at radius 1 is 1.60 bits per heavy atom. The number of ketones is 1. The molecule has 1 unspecified atom stereocenters. The molecule has 3 heteroatoms. The van der Waals surface area contributed by atoms with Crippen LogP contribution in [0.25, 0.3) is 0 Å². The van der Waals surface area contributed by atoms with E-state index in [1.807, 2.05) is 12.1 Å². The monoisotopic (exact) mass is 134 g/mol. The van der Waals surface area contributed by atoms with Crippen LogP contribution in [0.3, 0.4) is 0 Å². The summed E-state index contributed by atoms with van der Waals surface area (Å²) in [6.07, 6.45) is 0.426. The first-order valence-electron chi connectivity index (χ1n) is 2.99. The summed E-state index contributed by atoms with van der Waals surface area (Å²) in [6, 6.07) is 3.70. The molecule has 0 aliphatic heterocycles. The lowest BCUT2D eigenvalue weighted by Gasteiger charge is -1.89. The molecule has 0 aromatic rings. The van der Waals surface area contributed by atoms with Gasteiger partial charge >= 0.3 is 0 Å². The lowest BCUT2D eigenvalue weighted by atomic mass is 10.1. The Hall–Kier alpha value is -1.35. The number of Topliss-reactive ketones (excluding diaryl/α,β-unsaturated/α-hetero) is 1. The van der Waals surface area contributed by atoms with Crippen LogP contribution in [-0.4, -0.2) is 5.78 Å². The molecule has 0 amide bonds. The summed E-state index contributed by atoms with van der Waals surface area (Å²) >= 11 is 0. The van der Waals surface area contributed by atoms with E-state index in [2.05, 4.69) is 0 Å². The van der Waals surface area contributed by atoms with E-state index in [1.54, 1.807) is 0 Å². The van der Waals surface area contributed by atoms with Crippen molar-refractivity contribution in [3.05, 3.63) is 0 Å². The van der Waals surface area contributed by atoms with Crippen LogP contribution in [0.5, 0.6) is 0 Å². The van der Waals surface area contributed by atoms with E-state index in [0.29, 0.717) is 6.42 Å². The molecule has 0 radical (unpaired) electrons. The molecule has 1 fully saturated rings. The van der Waals surface area contributed by atoms with Gasteiger partial charge in [0.1, 0.15) is 5.78 Å². The molecule has 0 heterocycles. The predicted octanol–water partition coefficient (Wildman–Crippen LogP) is 0.629. The third kappa shape index (κ3) is 0.681. The zero-order valence-corrected chi connectivity index (χ0v) is 5.59. The molecule has 0 saturated heterocycles. The SMILES string of the molecule is CC(=O)C1CC1(C#N)C#N. The van der Waals surface area contributed by atoms with Gasteiger partial charge in [-0.1, -0.05) is 0 Å². The highest BCUT2D eigenvalue weighted by atomic mass is 16.1. The summed E-state index contributed by atoms with van der Waals surface area (Å²) < 4.78 is 0. The second-order valence-corrected chi connectivity index (χ2v) is 2.56. The molecule has 0 N–H and O–H groups in total. The molecule has 0 aromatic heterocycles. The van der Waals surface area contributed by atoms with Crippen molar-refractivity contribution in [1.82, 2.24) is 0 Å². The lowest BCUT2D eigenvalue weighted by molar-refractivity contribution is -0.118. The molecule has 1 aliphatic carbocycles. The van der Waals surface area contributed by atoms with Gasteiger partial charge in [0.25, 0.3) is 0 Å². The van der Waals surface area contributed by atoms with Crippen molar-refractivity contribution in [3.63, 3.8) is 0 Å². The lowest BCUT2D eigenvalue weighted by Crippen LogP contribution is -2.03. The maximum absolute atomic E-state index is 10.6. The minimum atomic E-state index is -0.966. The van der Waals surface area contributed by atoms with Crippen LogP contribution in [0, 0.1) is 34.0 Å². The van der Waals surface area contributed by atoms with Gasteiger partial charge in [0.05, 0.1) is 18.1 Å². The Balaban J connectivity index is 2.76. The first-order valence-corrected chi connectivity index (χ1v) is 2.99. The maximum Gasteiger partial charge on any atom is 0.154 e. The second-order valence-electron chi connectivity index (χ2n) is 2.56. The standard InChI is InChI=1S/C7H6N2O/c1-5(10)6-2-7(6,3-8)4-9/h6H,2H2,1H3. The van der Waals surface area contributed by atoms with E-state index < -0.39 is 5.41 Å². The van der Waals surface area contributed by atoms with Crippen LogP contribution in [0.1, 0.15) is 13.3 Å². The average Bonchev–Trinajstić information content (AvgIpc) is 2.63. The third-order valence-electron chi connectivity index (χ3n) is 1.85. The fourth-order valence-electron chi connectivity index (χ4n) is 1.03. The Labute approximate surface area is 58.9 Å². The summed E-state index contributed by atoms with van der Waals surface area (Å²) in [7, 11) is 0. The van der Waals surface area contributed by atoms with Crippen LogP contribution in [0.4, 0.5) is 0 Å². The molecule has 10 heavy (non-hydrogen) atoms. The van der Waals surface area contributed by atoms with Gasteiger partial charge < -0.3 is 0 Å². The van der Waals surface area contributed by atoms with E-state index in [-0.39, 0.29) is 11.7 Å². The summed E-state index contributed by atoms with van der Waals surface area (Å²) in [5.74, 6) is -0.370. The van der Waals surface area contributed by atoms with Crippen LogP contribution in [-0.2, 0) is 4.79 Å². The van der Waals surface area contributed by atoms with Gasteiger partial charge in [-0.2, -0.15) is 10.5 Å². The molecule has 1 aliphatic rings.